The van der Waals surface area contributed by atoms with E-state index in [-0.39, 0.29) is 5.41 Å². The number of benzene rings is 1. The first-order chi connectivity index (χ1) is 8.53. The second kappa shape index (κ2) is 7.56. The molecule has 18 heavy (non-hydrogen) atoms. The van der Waals surface area contributed by atoms with Gasteiger partial charge in [-0.25, -0.2) is 0 Å². The number of halogens is 1. The maximum Gasteiger partial charge on any atom is 0.0716 e. The fraction of sp³-hybridized carbons (Fsp3) is 0.533. The summed E-state index contributed by atoms with van der Waals surface area (Å²) in [4.78, 5) is 0. The molecule has 3 heteroatoms. The molecule has 1 rings (SSSR count). The molecule has 0 N–H and O–H groups in total. The third-order valence-corrected chi connectivity index (χ3v) is 3.35. The van der Waals surface area contributed by atoms with Crippen molar-refractivity contribution in [1.82, 2.24) is 0 Å². The molecule has 0 atom stereocenters. The molecular formula is C15H20BrNO. The molecule has 0 aliphatic carbocycles. The molecule has 1 aromatic carbocycles. The fourth-order valence-electron chi connectivity index (χ4n) is 1.60. The molecule has 0 bridgehead atoms. The summed E-state index contributed by atoms with van der Waals surface area (Å²) in [5, 5.41) is 8.88. The molecule has 2 nitrogen and oxygen atoms in total. The van der Waals surface area contributed by atoms with Crippen LogP contribution in [0, 0.1) is 16.7 Å². The Morgan fingerprint density at radius 2 is 1.89 bits per heavy atom. The van der Waals surface area contributed by atoms with Crippen molar-refractivity contribution in [2.24, 2.45) is 5.41 Å². The Balaban J connectivity index is 2.09. The average Bonchev–Trinajstić information content (AvgIpc) is 2.36. The third kappa shape index (κ3) is 6.18. The number of nitrogens with zero attached hydrogens (tertiary/aromatic N) is 1. The lowest BCUT2D eigenvalue weighted by atomic mass is 9.89. The zero-order valence-electron chi connectivity index (χ0n) is 11.1. The number of hydrogen-bond donors (Lipinski definition) is 0. The monoisotopic (exact) mass is 309 g/mol. The van der Waals surface area contributed by atoms with Crippen LogP contribution in [-0.2, 0) is 11.3 Å². The average molecular weight is 310 g/mol. The van der Waals surface area contributed by atoms with E-state index in [2.05, 4.69) is 34.1 Å². The number of nitriles is 1. The molecule has 0 amide bonds. The first-order valence-electron chi connectivity index (χ1n) is 6.27. The Bertz CT molecular complexity index is 392. The summed E-state index contributed by atoms with van der Waals surface area (Å²) < 4.78 is 6.70. The van der Waals surface area contributed by atoms with E-state index in [4.69, 9.17) is 10.00 Å². The molecule has 0 aromatic heterocycles. The second-order valence-corrected chi connectivity index (χ2v) is 6.05. The Kier molecular flexibility index (Phi) is 6.38. The van der Waals surface area contributed by atoms with Gasteiger partial charge in [-0.05, 0) is 50.8 Å². The van der Waals surface area contributed by atoms with E-state index in [1.54, 1.807) is 0 Å². The van der Waals surface area contributed by atoms with Crippen LogP contribution in [0.25, 0.3) is 0 Å². The second-order valence-electron chi connectivity index (χ2n) is 5.13. The van der Waals surface area contributed by atoms with E-state index in [0.29, 0.717) is 6.61 Å². The van der Waals surface area contributed by atoms with Crippen LogP contribution in [-0.4, -0.2) is 6.61 Å². The number of rotatable bonds is 7. The minimum atomic E-state index is -0.203. The van der Waals surface area contributed by atoms with Gasteiger partial charge in [-0.3, -0.25) is 0 Å². The topological polar surface area (TPSA) is 33.0 Å². The molecule has 0 radical (unpaired) electrons. The minimum absolute atomic E-state index is 0.203. The predicted octanol–water partition coefficient (Wildman–Crippen LogP) is 4.69. The van der Waals surface area contributed by atoms with Crippen molar-refractivity contribution >= 4 is 15.9 Å². The van der Waals surface area contributed by atoms with Gasteiger partial charge in [0.2, 0.25) is 0 Å². The number of hydrogen-bond acceptors (Lipinski definition) is 2. The molecule has 0 fully saturated rings. The molecule has 98 valence electrons. The smallest absolute Gasteiger partial charge is 0.0716 e. The maximum atomic E-state index is 8.88. The van der Waals surface area contributed by atoms with Gasteiger partial charge in [-0.1, -0.05) is 28.1 Å². The van der Waals surface area contributed by atoms with Crippen LogP contribution in [0.5, 0.6) is 0 Å². The largest absolute Gasteiger partial charge is 0.377 e. The third-order valence-electron chi connectivity index (χ3n) is 2.83. The molecule has 0 spiro atoms. The summed E-state index contributed by atoms with van der Waals surface area (Å²) in [6, 6.07) is 10.5. The zero-order valence-corrected chi connectivity index (χ0v) is 12.7. The van der Waals surface area contributed by atoms with Crippen LogP contribution in [0.4, 0.5) is 0 Å². The Morgan fingerprint density at radius 1 is 1.22 bits per heavy atom. The highest BCUT2D eigenvalue weighted by molar-refractivity contribution is 9.10. The molecule has 1 aromatic rings. The van der Waals surface area contributed by atoms with Crippen LogP contribution in [0.15, 0.2) is 28.7 Å². The normalized spacial score (nSPS) is 11.2. The maximum absolute atomic E-state index is 8.88. The van der Waals surface area contributed by atoms with E-state index in [9.17, 15) is 0 Å². The van der Waals surface area contributed by atoms with Crippen LogP contribution in [0.2, 0.25) is 0 Å². The summed E-state index contributed by atoms with van der Waals surface area (Å²) >= 11 is 3.41. The van der Waals surface area contributed by atoms with Crippen molar-refractivity contribution < 1.29 is 4.74 Å². The predicted molar refractivity (Wildman–Crippen MR) is 77.0 cm³/mol. The lowest BCUT2D eigenvalue weighted by Gasteiger charge is -2.14. The van der Waals surface area contributed by atoms with E-state index in [1.165, 1.54) is 5.56 Å². The van der Waals surface area contributed by atoms with Crippen molar-refractivity contribution in [3.05, 3.63) is 34.3 Å². The van der Waals surface area contributed by atoms with Gasteiger partial charge in [-0.2, -0.15) is 5.26 Å². The van der Waals surface area contributed by atoms with Crippen molar-refractivity contribution in [1.29, 1.82) is 5.26 Å². The van der Waals surface area contributed by atoms with Crippen molar-refractivity contribution in [3.8, 4) is 6.07 Å². The lowest BCUT2D eigenvalue weighted by molar-refractivity contribution is 0.115. The van der Waals surface area contributed by atoms with E-state index >= 15 is 0 Å². The van der Waals surface area contributed by atoms with Crippen molar-refractivity contribution in [2.75, 3.05) is 6.61 Å². The summed E-state index contributed by atoms with van der Waals surface area (Å²) in [6.45, 7) is 5.39. The summed E-state index contributed by atoms with van der Waals surface area (Å²) in [5.74, 6) is 0. The molecule has 0 saturated carbocycles. The van der Waals surface area contributed by atoms with Crippen LogP contribution < -0.4 is 0 Å². The Hall–Kier alpha value is -0.850. The van der Waals surface area contributed by atoms with Gasteiger partial charge in [0.15, 0.2) is 0 Å². The zero-order chi connectivity index (χ0) is 13.4. The first-order valence-corrected chi connectivity index (χ1v) is 7.06. The van der Waals surface area contributed by atoms with Gasteiger partial charge in [0.1, 0.15) is 0 Å². The van der Waals surface area contributed by atoms with E-state index in [0.717, 1.165) is 30.3 Å². The summed E-state index contributed by atoms with van der Waals surface area (Å²) in [5.41, 5.74) is 0.988. The van der Waals surface area contributed by atoms with Gasteiger partial charge in [0.05, 0.1) is 18.1 Å². The van der Waals surface area contributed by atoms with Crippen molar-refractivity contribution in [3.63, 3.8) is 0 Å². The van der Waals surface area contributed by atoms with Gasteiger partial charge >= 0.3 is 0 Å². The fourth-order valence-corrected chi connectivity index (χ4v) is 1.86. The SMILES string of the molecule is CC(C)(C#N)CCCCOCc1ccc(Br)cc1. The highest BCUT2D eigenvalue weighted by atomic mass is 79.9. The Morgan fingerprint density at radius 3 is 2.50 bits per heavy atom. The molecule has 0 saturated heterocycles. The molecule has 0 heterocycles. The number of ether oxygens (including phenoxy) is 1. The van der Waals surface area contributed by atoms with E-state index < -0.39 is 0 Å². The molecule has 0 aliphatic rings. The quantitative estimate of drug-likeness (QED) is 0.685. The lowest BCUT2D eigenvalue weighted by Crippen LogP contribution is -2.07. The highest BCUT2D eigenvalue weighted by Crippen LogP contribution is 2.21. The van der Waals surface area contributed by atoms with E-state index in [1.807, 2.05) is 26.0 Å². The highest BCUT2D eigenvalue weighted by Gasteiger charge is 2.15. The Labute approximate surface area is 118 Å². The molecule has 0 aliphatic heterocycles. The van der Waals surface area contributed by atoms with Crippen molar-refractivity contribution in [2.45, 2.75) is 39.7 Å². The van der Waals surface area contributed by atoms with Gasteiger partial charge in [0.25, 0.3) is 0 Å². The van der Waals surface area contributed by atoms with Crippen LogP contribution in [0.1, 0.15) is 38.7 Å². The van der Waals surface area contributed by atoms with Crippen LogP contribution >= 0.6 is 15.9 Å². The molecular weight excluding hydrogens is 290 g/mol. The number of unbranched alkanes of at least 4 members (excludes halogenated alkanes) is 1. The summed E-state index contributed by atoms with van der Waals surface area (Å²) in [7, 11) is 0. The van der Waals surface area contributed by atoms with Gasteiger partial charge < -0.3 is 4.74 Å². The van der Waals surface area contributed by atoms with Gasteiger partial charge in [0, 0.05) is 11.1 Å². The molecule has 0 unspecified atom stereocenters. The minimum Gasteiger partial charge on any atom is -0.377 e. The first kappa shape index (κ1) is 15.2. The summed E-state index contributed by atoms with van der Waals surface area (Å²) in [6.07, 6.45) is 2.99. The van der Waals surface area contributed by atoms with Crippen LogP contribution in [0.3, 0.4) is 0 Å². The van der Waals surface area contributed by atoms with Gasteiger partial charge in [-0.15, -0.1) is 0 Å². The standard InChI is InChI=1S/C15H20BrNO/c1-15(2,12-17)9-3-4-10-18-11-13-5-7-14(16)8-6-13/h5-8H,3-4,9-11H2,1-2H3.